The van der Waals surface area contributed by atoms with Crippen LogP contribution < -0.4 is 0 Å². The second-order valence-electron chi connectivity index (χ2n) is 20.3. The van der Waals surface area contributed by atoms with Crippen molar-refractivity contribution in [2.75, 3.05) is 19.8 Å². The van der Waals surface area contributed by atoms with Gasteiger partial charge in [-0.3, -0.25) is 9.59 Å². The van der Waals surface area contributed by atoms with E-state index >= 15 is 0 Å². The van der Waals surface area contributed by atoms with E-state index < -0.39 is 6.10 Å². The van der Waals surface area contributed by atoms with Crippen molar-refractivity contribution in [3.63, 3.8) is 0 Å². The van der Waals surface area contributed by atoms with E-state index in [1.165, 1.54) is 263 Å². The van der Waals surface area contributed by atoms with E-state index in [4.69, 9.17) is 14.2 Å². The van der Waals surface area contributed by atoms with Crippen molar-refractivity contribution in [2.24, 2.45) is 0 Å². The molecule has 5 heteroatoms. The lowest BCUT2D eigenvalue weighted by Gasteiger charge is -2.18. The molecular weight excluding hydrogens is 813 g/mol. The molecule has 0 rings (SSSR count). The lowest BCUT2D eigenvalue weighted by molar-refractivity contribution is -0.163. The molecule has 0 radical (unpaired) electrons. The highest BCUT2D eigenvalue weighted by Gasteiger charge is 2.17. The summed E-state index contributed by atoms with van der Waals surface area (Å²) in [6, 6.07) is 0. The van der Waals surface area contributed by atoms with Crippen LogP contribution in [0.4, 0.5) is 0 Å². The molecule has 0 aromatic rings. The lowest BCUT2D eigenvalue weighted by Crippen LogP contribution is -2.30. The Morgan fingerprint density at radius 3 is 0.924 bits per heavy atom. The van der Waals surface area contributed by atoms with Gasteiger partial charge in [0.25, 0.3) is 0 Å². The summed E-state index contributed by atoms with van der Waals surface area (Å²) in [6.07, 6.45) is 69.1. The first-order chi connectivity index (χ1) is 32.6. The van der Waals surface area contributed by atoms with Gasteiger partial charge in [-0.25, -0.2) is 0 Å². The Kier molecular flexibility index (Phi) is 56.3. The fourth-order valence-corrected chi connectivity index (χ4v) is 8.97. The van der Waals surface area contributed by atoms with Gasteiger partial charge in [0.2, 0.25) is 0 Å². The Morgan fingerprint density at radius 2 is 0.591 bits per heavy atom. The Morgan fingerprint density at radius 1 is 0.318 bits per heavy atom. The highest BCUT2D eigenvalue weighted by atomic mass is 16.6. The van der Waals surface area contributed by atoms with Crippen LogP contribution in [0.15, 0.2) is 24.3 Å². The molecule has 1 unspecified atom stereocenters. The van der Waals surface area contributed by atoms with Gasteiger partial charge in [-0.2, -0.15) is 0 Å². The molecule has 0 amide bonds. The summed E-state index contributed by atoms with van der Waals surface area (Å²) in [7, 11) is 0. The van der Waals surface area contributed by atoms with Gasteiger partial charge in [0.15, 0.2) is 6.10 Å². The first-order valence-corrected chi connectivity index (χ1v) is 29.9. The minimum absolute atomic E-state index is 0.0885. The van der Waals surface area contributed by atoms with Crippen LogP contribution in [0.5, 0.6) is 0 Å². The normalized spacial score (nSPS) is 12.2. The summed E-state index contributed by atoms with van der Waals surface area (Å²) in [6.45, 7) is 7.89. The third kappa shape index (κ3) is 55.0. The maximum atomic E-state index is 12.9. The van der Waals surface area contributed by atoms with Gasteiger partial charge in [-0.05, 0) is 70.6 Å². The number of unbranched alkanes of at least 4 members (excludes halogenated alkanes) is 41. The molecule has 390 valence electrons. The van der Waals surface area contributed by atoms with Gasteiger partial charge in [0.1, 0.15) is 6.61 Å². The highest BCUT2D eigenvalue weighted by molar-refractivity contribution is 5.70. The van der Waals surface area contributed by atoms with E-state index in [1.54, 1.807) is 0 Å². The number of hydrogen-bond donors (Lipinski definition) is 0. The number of carbonyl (C=O) groups is 2. The molecule has 0 aromatic heterocycles. The largest absolute Gasteiger partial charge is 0.462 e. The average molecular weight is 930 g/mol. The minimum atomic E-state index is -0.534. The number of hydrogen-bond acceptors (Lipinski definition) is 5. The molecule has 0 fully saturated rings. The first-order valence-electron chi connectivity index (χ1n) is 29.9. The van der Waals surface area contributed by atoms with Crippen LogP contribution in [-0.4, -0.2) is 37.9 Å². The predicted molar refractivity (Wildman–Crippen MR) is 289 cm³/mol. The second kappa shape index (κ2) is 57.7. The molecule has 0 heterocycles. The molecule has 0 aromatic carbocycles. The van der Waals surface area contributed by atoms with Crippen molar-refractivity contribution in [1.82, 2.24) is 0 Å². The van der Waals surface area contributed by atoms with Gasteiger partial charge in [-0.15, -0.1) is 0 Å². The number of esters is 2. The maximum Gasteiger partial charge on any atom is 0.306 e. The van der Waals surface area contributed by atoms with E-state index in [2.05, 4.69) is 45.1 Å². The van der Waals surface area contributed by atoms with Crippen LogP contribution in [-0.2, 0) is 23.8 Å². The van der Waals surface area contributed by atoms with Crippen molar-refractivity contribution in [3.05, 3.63) is 24.3 Å². The molecule has 1 atom stereocenters. The highest BCUT2D eigenvalue weighted by Crippen LogP contribution is 2.16. The van der Waals surface area contributed by atoms with Crippen LogP contribution in [0, 0.1) is 0 Å². The Bertz CT molecular complexity index is 1010. The summed E-state index contributed by atoms with van der Waals surface area (Å²) in [5.41, 5.74) is 0. The molecule has 0 aliphatic carbocycles. The summed E-state index contributed by atoms with van der Waals surface area (Å²) in [5, 5.41) is 0. The lowest BCUT2D eigenvalue weighted by atomic mass is 10.0. The van der Waals surface area contributed by atoms with Crippen molar-refractivity contribution < 1.29 is 23.8 Å². The summed E-state index contributed by atoms with van der Waals surface area (Å²) < 4.78 is 17.5. The number of rotatable bonds is 56. The predicted octanol–water partition coefficient (Wildman–Crippen LogP) is 20.4. The monoisotopic (exact) mass is 929 g/mol. The Labute approximate surface area is 413 Å². The second-order valence-corrected chi connectivity index (χ2v) is 20.3. The van der Waals surface area contributed by atoms with E-state index in [9.17, 15) is 9.59 Å². The molecule has 0 N–H and O–H groups in total. The fourth-order valence-electron chi connectivity index (χ4n) is 8.97. The number of carbonyl (C=O) groups excluding carboxylic acids is 2. The van der Waals surface area contributed by atoms with Gasteiger partial charge < -0.3 is 14.2 Å². The summed E-state index contributed by atoms with van der Waals surface area (Å²) in [5.74, 6) is -0.384. The van der Waals surface area contributed by atoms with Crippen molar-refractivity contribution in [3.8, 4) is 0 Å². The van der Waals surface area contributed by atoms with Gasteiger partial charge in [0.05, 0.1) is 6.61 Å². The van der Waals surface area contributed by atoms with Crippen LogP contribution in [0.2, 0.25) is 0 Å². The Hall–Kier alpha value is -1.62. The van der Waals surface area contributed by atoms with E-state index in [0.29, 0.717) is 26.1 Å². The zero-order valence-electron chi connectivity index (χ0n) is 45.0. The van der Waals surface area contributed by atoms with E-state index in [-0.39, 0.29) is 18.5 Å². The van der Waals surface area contributed by atoms with Gasteiger partial charge in [-0.1, -0.05) is 270 Å². The van der Waals surface area contributed by atoms with Crippen molar-refractivity contribution in [2.45, 2.75) is 335 Å². The molecule has 66 heavy (non-hydrogen) atoms. The Balaban J connectivity index is 4.23. The van der Waals surface area contributed by atoms with Crippen LogP contribution in [0.1, 0.15) is 329 Å². The van der Waals surface area contributed by atoms with Gasteiger partial charge in [0, 0.05) is 19.4 Å². The third-order valence-corrected chi connectivity index (χ3v) is 13.5. The average Bonchev–Trinajstić information content (AvgIpc) is 3.32. The molecule has 5 nitrogen and oxygen atoms in total. The van der Waals surface area contributed by atoms with Crippen LogP contribution >= 0.6 is 0 Å². The summed E-state index contributed by atoms with van der Waals surface area (Å²) in [4.78, 5) is 25.5. The molecular formula is C61H116O5. The zero-order valence-corrected chi connectivity index (χ0v) is 45.0. The minimum Gasteiger partial charge on any atom is -0.462 e. The molecule has 0 saturated carbocycles. The molecule has 0 aliphatic heterocycles. The van der Waals surface area contributed by atoms with E-state index in [1.807, 2.05) is 0 Å². The fraction of sp³-hybridized carbons (Fsp3) is 0.902. The topological polar surface area (TPSA) is 61.8 Å². The number of ether oxygens (including phenoxy) is 3. The smallest absolute Gasteiger partial charge is 0.306 e. The summed E-state index contributed by atoms with van der Waals surface area (Å²) >= 11 is 0. The maximum absolute atomic E-state index is 12.9. The zero-order chi connectivity index (χ0) is 47.7. The standard InChI is InChI=1S/C61H116O5/c1-4-7-10-13-16-19-22-25-28-31-33-36-39-42-45-48-51-54-60(62)65-58-59(57-64-56-53-50-47-44-41-38-35-30-27-24-21-18-15-12-9-6-3)66-61(63)55-52-49-46-43-40-37-34-32-29-26-23-20-17-14-11-8-5-2/h25-26,28-29,59H,4-24,27,30-58H2,1-3H3/b28-25-,29-26-. The third-order valence-electron chi connectivity index (χ3n) is 13.5. The SMILES string of the molecule is CCCCCCCC/C=C\CCCCCCCCCC(=O)OCC(COCCCCCCCCCCCCCCCCCC)OC(=O)CCCCCCCCC/C=C\CCCCCCCC. The first kappa shape index (κ1) is 64.4. The molecule has 0 spiro atoms. The molecule has 0 aliphatic rings. The van der Waals surface area contributed by atoms with Crippen molar-refractivity contribution >= 4 is 11.9 Å². The molecule has 0 saturated heterocycles. The van der Waals surface area contributed by atoms with E-state index in [0.717, 1.165) is 32.1 Å². The van der Waals surface area contributed by atoms with Crippen molar-refractivity contribution in [1.29, 1.82) is 0 Å². The number of allylic oxidation sites excluding steroid dienone is 4. The van der Waals surface area contributed by atoms with Gasteiger partial charge >= 0.3 is 11.9 Å². The molecule has 0 bridgehead atoms. The quantitative estimate of drug-likeness (QED) is 0.0345. The van der Waals surface area contributed by atoms with Crippen LogP contribution in [0.3, 0.4) is 0 Å². The van der Waals surface area contributed by atoms with Crippen LogP contribution in [0.25, 0.3) is 0 Å².